The molecule has 1 atom stereocenters. The Bertz CT molecular complexity index is 1030. The van der Waals surface area contributed by atoms with Crippen molar-refractivity contribution in [3.05, 3.63) is 77.4 Å². The number of hydrogen-bond donors (Lipinski definition) is 1. The summed E-state index contributed by atoms with van der Waals surface area (Å²) in [6, 6.07) is 18.1. The highest BCUT2D eigenvalue weighted by atomic mass is 16.5. The Balaban J connectivity index is 1.34. The first-order valence-electron chi connectivity index (χ1n) is 11.2. The van der Waals surface area contributed by atoms with E-state index >= 15 is 0 Å². The highest BCUT2D eigenvalue weighted by Gasteiger charge is 2.23. The number of benzene rings is 2. The number of methoxy groups -OCH3 is 1. The van der Waals surface area contributed by atoms with Gasteiger partial charge in [0.1, 0.15) is 11.6 Å². The van der Waals surface area contributed by atoms with E-state index in [1.807, 2.05) is 55.5 Å². The summed E-state index contributed by atoms with van der Waals surface area (Å²) in [5.41, 5.74) is 2.36. The number of nitrogens with one attached hydrogen (secondary N) is 1. The number of aromatic nitrogens is 3. The number of amides is 1. The zero-order valence-corrected chi connectivity index (χ0v) is 18.8. The first-order valence-corrected chi connectivity index (χ1v) is 11.2. The van der Waals surface area contributed by atoms with Crippen molar-refractivity contribution in [3.63, 3.8) is 0 Å². The Morgan fingerprint density at radius 2 is 1.84 bits per heavy atom. The van der Waals surface area contributed by atoms with Crippen molar-refractivity contribution in [2.45, 2.75) is 45.3 Å². The molecule has 168 valence electrons. The van der Waals surface area contributed by atoms with Gasteiger partial charge in [-0.05, 0) is 25.0 Å². The molecule has 0 unspecified atom stereocenters. The summed E-state index contributed by atoms with van der Waals surface area (Å²) in [5, 5.41) is 11.9. The molecule has 0 saturated carbocycles. The van der Waals surface area contributed by atoms with Crippen LogP contribution in [0.1, 0.15) is 42.2 Å². The van der Waals surface area contributed by atoms with Crippen LogP contribution in [0.15, 0.2) is 54.6 Å². The molecule has 4 rings (SSSR count). The van der Waals surface area contributed by atoms with Crippen molar-refractivity contribution in [2.75, 3.05) is 20.2 Å². The molecule has 3 aromatic rings. The molecule has 0 saturated heterocycles. The monoisotopic (exact) mass is 433 g/mol. The topological polar surface area (TPSA) is 72.3 Å². The van der Waals surface area contributed by atoms with Crippen molar-refractivity contribution in [3.8, 4) is 5.75 Å². The second-order valence-corrected chi connectivity index (χ2v) is 8.24. The summed E-state index contributed by atoms with van der Waals surface area (Å²) >= 11 is 0. The number of rotatable bonds is 8. The lowest BCUT2D eigenvalue weighted by molar-refractivity contribution is -0.121. The van der Waals surface area contributed by atoms with E-state index in [4.69, 9.17) is 4.74 Å². The second kappa shape index (κ2) is 10.4. The lowest BCUT2D eigenvalue weighted by atomic mass is 10.1. The third-order valence-corrected chi connectivity index (χ3v) is 5.98. The maximum atomic E-state index is 12.5. The van der Waals surface area contributed by atoms with E-state index in [9.17, 15) is 4.79 Å². The molecule has 0 bridgehead atoms. The van der Waals surface area contributed by atoms with Crippen LogP contribution >= 0.6 is 0 Å². The van der Waals surface area contributed by atoms with Crippen LogP contribution in [0, 0.1) is 0 Å². The minimum Gasteiger partial charge on any atom is -0.496 e. The van der Waals surface area contributed by atoms with Crippen molar-refractivity contribution in [1.29, 1.82) is 0 Å². The van der Waals surface area contributed by atoms with Gasteiger partial charge in [0, 0.05) is 44.6 Å². The van der Waals surface area contributed by atoms with E-state index in [1.165, 1.54) is 11.1 Å². The maximum absolute atomic E-state index is 12.5. The van der Waals surface area contributed by atoms with Gasteiger partial charge in [0.25, 0.3) is 0 Å². The quantitative estimate of drug-likeness (QED) is 0.591. The predicted octanol–water partition coefficient (Wildman–Crippen LogP) is 3.16. The van der Waals surface area contributed by atoms with Gasteiger partial charge in [0.15, 0.2) is 5.82 Å². The van der Waals surface area contributed by atoms with E-state index in [0.29, 0.717) is 6.42 Å². The fraction of sp³-hybridized carbons (Fsp3) is 0.400. The number of fused-ring (bicyclic) bond motifs is 1. The number of nitrogens with zero attached hydrogens (tertiary/aromatic N) is 4. The van der Waals surface area contributed by atoms with Gasteiger partial charge in [0.2, 0.25) is 5.91 Å². The van der Waals surface area contributed by atoms with Gasteiger partial charge in [-0.1, -0.05) is 48.5 Å². The van der Waals surface area contributed by atoms with Crippen LogP contribution in [0.3, 0.4) is 0 Å². The van der Waals surface area contributed by atoms with Crippen LogP contribution in [0.2, 0.25) is 0 Å². The second-order valence-electron chi connectivity index (χ2n) is 8.24. The number of aryl methyl sites for hydroxylation is 1. The fourth-order valence-electron chi connectivity index (χ4n) is 4.22. The third kappa shape index (κ3) is 5.34. The Morgan fingerprint density at radius 3 is 2.66 bits per heavy atom. The molecule has 0 fully saturated rings. The zero-order chi connectivity index (χ0) is 22.3. The molecule has 1 aliphatic heterocycles. The molecular formula is C25H31N5O2. The normalized spacial score (nSPS) is 14.9. The molecule has 1 amide bonds. The average Bonchev–Trinajstić information content (AvgIpc) is 3.13. The Labute approximate surface area is 189 Å². The lowest BCUT2D eigenvalue weighted by Crippen LogP contribution is -2.30. The molecule has 0 spiro atoms. The van der Waals surface area contributed by atoms with Crippen molar-refractivity contribution in [1.82, 2.24) is 25.0 Å². The van der Waals surface area contributed by atoms with E-state index in [1.54, 1.807) is 7.11 Å². The van der Waals surface area contributed by atoms with Gasteiger partial charge in [-0.25, -0.2) is 0 Å². The van der Waals surface area contributed by atoms with Gasteiger partial charge in [-0.15, -0.1) is 10.2 Å². The van der Waals surface area contributed by atoms with E-state index in [2.05, 4.69) is 31.0 Å². The van der Waals surface area contributed by atoms with Crippen LogP contribution in [0.4, 0.5) is 0 Å². The van der Waals surface area contributed by atoms with Crippen LogP contribution < -0.4 is 10.1 Å². The van der Waals surface area contributed by atoms with Gasteiger partial charge in [-0.3, -0.25) is 9.69 Å². The molecule has 1 N–H and O–H groups in total. The smallest absolute Gasteiger partial charge is 0.220 e. The largest absolute Gasteiger partial charge is 0.496 e. The molecule has 0 aliphatic carbocycles. The predicted molar refractivity (Wildman–Crippen MR) is 123 cm³/mol. The van der Waals surface area contributed by atoms with E-state index in [-0.39, 0.29) is 11.9 Å². The van der Waals surface area contributed by atoms with E-state index in [0.717, 1.165) is 56.4 Å². The Kier molecular flexibility index (Phi) is 7.17. The minimum atomic E-state index is -0.180. The number of carbonyl (C=O) groups is 1. The van der Waals surface area contributed by atoms with Crippen LogP contribution in [0.25, 0.3) is 0 Å². The van der Waals surface area contributed by atoms with Crippen LogP contribution in [-0.4, -0.2) is 45.8 Å². The van der Waals surface area contributed by atoms with Gasteiger partial charge >= 0.3 is 0 Å². The van der Waals surface area contributed by atoms with Crippen molar-refractivity contribution in [2.24, 2.45) is 0 Å². The molecule has 7 nitrogen and oxygen atoms in total. The lowest BCUT2D eigenvalue weighted by Gasteiger charge is -2.21. The van der Waals surface area contributed by atoms with Gasteiger partial charge in [-0.2, -0.15) is 0 Å². The van der Waals surface area contributed by atoms with E-state index < -0.39 is 0 Å². The number of hydrogen-bond acceptors (Lipinski definition) is 5. The number of ether oxygens (including phenoxy) is 1. The fourth-order valence-corrected chi connectivity index (χ4v) is 4.22. The summed E-state index contributed by atoms with van der Waals surface area (Å²) in [7, 11) is 1.71. The SMILES string of the molecule is COc1ccccc1CN1CCc2nnc([C@H](C)NC(=O)CCc3ccccc3)n2CC1. The summed E-state index contributed by atoms with van der Waals surface area (Å²) in [6.45, 7) is 5.42. The van der Waals surface area contributed by atoms with Crippen LogP contribution in [-0.2, 0) is 30.7 Å². The molecule has 7 heteroatoms. The third-order valence-electron chi connectivity index (χ3n) is 5.98. The molecule has 1 aliphatic rings. The zero-order valence-electron chi connectivity index (χ0n) is 18.8. The molecule has 2 aromatic carbocycles. The Morgan fingerprint density at radius 1 is 1.06 bits per heavy atom. The highest BCUT2D eigenvalue weighted by molar-refractivity contribution is 5.76. The summed E-state index contributed by atoms with van der Waals surface area (Å²) in [6.07, 6.45) is 2.02. The number of para-hydroxylation sites is 1. The summed E-state index contributed by atoms with van der Waals surface area (Å²) in [5.74, 6) is 2.76. The minimum absolute atomic E-state index is 0.0325. The summed E-state index contributed by atoms with van der Waals surface area (Å²) < 4.78 is 7.68. The molecule has 1 aromatic heterocycles. The Hall–Kier alpha value is -3.19. The standard InChI is InChI=1S/C25H31N5O2/c1-19(26-24(31)13-12-20-8-4-3-5-9-20)25-28-27-23-14-15-29(16-17-30(23)25)18-21-10-6-7-11-22(21)32-2/h3-11,19H,12-18H2,1-2H3,(H,26,31)/t19-/m0/s1. The van der Waals surface area contributed by atoms with Gasteiger partial charge in [0.05, 0.1) is 13.2 Å². The van der Waals surface area contributed by atoms with Gasteiger partial charge < -0.3 is 14.6 Å². The molecule has 32 heavy (non-hydrogen) atoms. The summed E-state index contributed by atoms with van der Waals surface area (Å²) in [4.78, 5) is 14.9. The molecule has 0 radical (unpaired) electrons. The highest BCUT2D eigenvalue weighted by Crippen LogP contribution is 2.21. The average molecular weight is 434 g/mol. The van der Waals surface area contributed by atoms with Crippen LogP contribution in [0.5, 0.6) is 5.75 Å². The first-order chi connectivity index (χ1) is 15.6. The number of carbonyl (C=O) groups excluding carboxylic acids is 1. The van der Waals surface area contributed by atoms with Crippen molar-refractivity contribution < 1.29 is 9.53 Å². The molecular weight excluding hydrogens is 402 g/mol. The van der Waals surface area contributed by atoms with Crippen molar-refractivity contribution >= 4 is 5.91 Å². The molecule has 2 heterocycles. The maximum Gasteiger partial charge on any atom is 0.220 e. The first kappa shape index (κ1) is 22.0.